The lowest BCUT2D eigenvalue weighted by atomic mass is 9.98. The Kier molecular flexibility index (Phi) is 9.96. The summed E-state index contributed by atoms with van der Waals surface area (Å²) in [5.41, 5.74) is 1.48. The van der Waals surface area contributed by atoms with Crippen LogP contribution in [0.2, 0.25) is 0 Å². The highest BCUT2D eigenvalue weighted by atomic mass is 16.5. The highest BCUT2D eigenvalue weighted by molar-refractivity contribution is 5.29. The second kappa shape index (κ2) is 12.4. The van der Waals surface area contributed by atoms with Crippen molar-refractivity contribution in [1.29, 1.82) is 0 Å². The van der Waals surface area contributed by atoms with Crippen LogP contribution in [0.1, 0.15) is 36.6 Å². The monoisotopic (exact) mass is 420 g/mol. The van der Waals surface area contributed by atoms with Crippen molar-refractivity contribution in [3.8, 4) is 0 Å². The maximum absolute atomic E-state index is 13.2. The molecular formula is C22H32N2O6. The molecule has 0 aliphatic rings. The normalized spacial score (nSPS) is 11.4. The van der Waals surface area contributed by atoms with Crippen LogP contribution < -0.4 is 11.2 Å². The molecule has 8 heteroatoms. The molecule has 0 spiro atoms. The van der Waals surface area contributed by atoms with Crippen LogP contribution in [-0.2, 0) is 38.8 Å². The summed E-state index contributed by atoms with van der Waals surface area (Å²) in [6.07, 6.45) is 0.456. The Labute approximate surface area is 177 Å². The minimum atomic E-state index is -0.454. The van der Waals surface area contributed by atoms with Gasteiger partial charge in [-0.15, -0.1) is 0 Å². The molecule has 30 heavy (non-hydrogen) atoms. The fraction of sp³-hybridized carbons (Fsp3) is 0.545. The second-order valence-corrected chi connectivity index (χ2v) is 7.18. The first-order valence-corrected chi connectivity index (χ1v) is 10.0. The van der Waals surface area contributed by atoms with Gasteiger partial charge in [0.15, 0.2) is 0 Å². The number of nitrogens with zero attached hydrogens (tertiary/aromatic N) is 2. The number of hydrogen-bond acceptors (Lipinski definition) is 6. The molecule has 2 rings (SSSR count). The molecule has 0 atom stereocenters. The molecule has 0 N–H and O–H groups in total. The third-order valence-electron chi connectivity index (χ3n) is 4.67. The summed E-state index contributed by atoms with van der Waals surface area (Å²) in [6.45, 7) is 5.21. The highest BCUT2D eigenvalue weighted by Gasteiger charge is 2.21. The zero-order valence-corrected chi connectivity index (χ0v) is 18.3. The predicted molar refractivity (Wildman–Crippen MR) is 114 cm³/mol. The Bertz CT molecular complexity index is 889. The van der Waals surface area contributed by atoms with E-state index in [1.165, 1.54) is 4.57 Å². The van der Waals surface area contributed by atoms with Gasteiger partial charge in [-0.3, -0.25) is 9.36 Å². The van der Waals surface area contributed by atoms with Crippen molar-refractivity contribution in [3.63, 3.8) is 0 Å². The smallest absolute Gasteiger partial charge is 0.335 e. The van der Waals surface area contributed by atoms with E-state index < -0.39 is 5.69 Å². The van der Waals surface area contributed by atoms with Crippen LogP contribution in [-0.4, -0.2) is 49.8 Å². The first-order chi connectivity index (χ1) is 14.5. The molecule has 0 radical (unpaired) electrons. The van der Waals surface area contributed by atoms with Crippen molar-refractivity contribution in [3.05, 3.63) is 68.0 Å². The van der Waals surface area contributed by atoms with Crippen molar-refractivity contribution in [2.45, 2.75) is 39.6 Å². The van der Waals surface area contributed by atoms with Crippen molar-refractivity contribution >= 4 is 0 Å². The van der Waals surface area contributed by atoms with E-state index in [4.69, 9.17) is 18.9 Å². The number of methoxy groups -OCH3 is 2. The summed E-state index contributed by atoms with van der Waals surface area (Å²) in [7, 11) is 3.15. The number of hydrogen-bond donors (Lipinski definition) is 0. The van der Waals surface area contributed by atoms with Gasteiger partial charge < -0.3 is 18.9 Å². The van der Waals surface area contributed by atoms with Gasteiger partial charge in [0, 0.05) is 31.9 Å². The fourth-order valence-electron chi connectivity index (χ4n) is 3.17. The largest absolute Gasteiger partial charge is 0.382 e. The third kappa shape index (κ3) is 6.37. The van der Waals surface area contributed by atoms with E-state index in [9.17, 15) is 9.59 Å². The van der Waals surface area contributed by atoms with Gasteiger partial charge in [0.05, 0.1) is 26.4 Å². The molecule has 0 amide bonds. The van der Waals surface area contributed by atoms with Gasteiger partial charge in [-0.1, -0.05) is 44.2 Å². The first kappa shape index (κ1) is 24.0. The SMILES string of the molecule is COCCOCn1c(Cc2ccccc2)c(C(C)C)c(=O)n(COCCOC)c1=O. The van der Waals surface area contributed by atoms with E-state index in [1.54, 1.807) is 14.2 Å². The van der Waals surface area contributed by atoms with Crippen molar-refractivity contribution < 1.29 is 18.9 Å². The molecule has 0 saturated carbocycles. The zero-order valence-electron chi connectivity index (χ0n) is 18.3. The Hall–Kier alpha value is -2.26. The molecule has 2 aromatic rings. The second-order valence-electron chi connectivity index (χ2n) is 7.18. The summed E-state index contributed by atoms with van der Waals surface area (Å²) in [6, 6.07) is 9.76. The molecule has 0 aliphatic carbocycles. The van der Waals surface area contributed by atoms with Crippen LogP contribution in [0.4, 0.5) is 0 Å². The average molecular weight is 421 g/mol. The summed E-state index contributed by atoms with van der Waals surface area (Å²) in [5, 5.41) is 0. The molecule has 0 fully saturated rings. The lowest BCUT2D eigenvalue weighted by molar-refractivity contribution is 0.0192. The van der Waals surface area contributed by atoms with Crippen LogP contribution in [0.3, 0.4) is 0 Å². The molecule has 0 aliphatic heterocycles. The molecule has 1 heterocycles. The minimum Gasteiger partial charge on any atom is -0.382 e. The Morgan fingerprint density at radius 2 is 1.40 bits per heavy atom. The zero-order chi connectivity index (χ0) is 21.9. The van der Waals surface area contributed by atoms with E-state index in [0.29, 0.717) is 37.5 Å². The van der Waals surface area contributed by atoms with E-state index in [2.05, 4.69) is 0 Å². The van der Waals surface area contributed by atoms with Gasteiger partial charge in [-0.25, -0.2) is 9.36 Å². The maximum atomic E-state index is 13.2. The quantitative estimate of drug-likeness (QED) is 0.461. The summed E-state index contributed by atoms with van der Waals surface area (Å²) in [5.74, 6) is -0.0766. The van der Waals surface area contributed by atoms with Crippen molar-refractivity contribution in [1.82, 2.24) is 9.13 Å². The van der Waals surface area contributed by atoms with Crippen LogP contribution in [0.5, 0.6) is 0 Å². The van der Waals surface area contributed by atoms with Gasteiger partial charge in [-0.05, 0) is 11.5 Å². The van der Waals surface area contributed by atoms with Crippen LogP contribution >= 0.6 is 0 Å². The topological polar surface area (TPSA) is 80.9 Å². The summed E-state index contributed by atoms with van der Waals surface area (Å²) < 4.78 is 23.8. The predicted octanol–water partition coefficient (Wildman–Crippen LogP) is 1.97. The molecule has 1 aromatic carbocycles. The van der Waals surface area contributed by atoms with Crippen LogP contribution in [0.15, 0.2) is 39.9 Å². The fourth-order valence-corrected chi connectivity index (χ4v) is 3.17. The van der Waals surface area contributed by atoms with Gasteiger partial charge >= 0.3 is 5.69 Å². The molecule has 1 aromatic heterocycles. The van der Waals surface area contributed by atoms with Gasteiger partial charge in [0.2, 0.25) is 0 Å². The van der Waals surface area contributed by atoms with Crippen molar-refractivity contribution in [2.75, 3.05) is 40.6 Å². The number of aromatic nitrogens is 2. The summed E-state index contributed by atoms with van der Waals surface area (Å²) in [4.78, 5) is 26.4. The number of rotatable bonds is 13. The van der Waals surface area contributed by atoms with E-state index in [-0.39, 0.29) is 31.5 Å². The van der Waals surface area contributed by atoms with Crippen LogP contribution in [0, 0.1) is 0 Å². The molecule has 0 saturated heterocycles. The van der Waals surface area contributed by atoms with E-state index in [1.807, 2.05) is 44.2 Å². The lowest BCUT2D eigenvalue weighted by Crippen LogP contribution is -2.45. The Balaban J connectivity index is 2.52. The molecule has 166 valence electrons. The lowest BCUT2D eigenvalue weighted by Gasteiger charge is -2.21. The summed E-state index contributed by atoms with van der Waals surface area (Å²) >= 11 is 0. The van der Waals surface area contributed by atoms with Crippen LogP contribution in [0.25, 0.3) is 0 Å². The number of ether oxygens (including phenoxy) is 4. The number of benzene rings is 1. The van der Waals surface area contributed by atoms with Gasteiger partial charge in [-0.2, -0.15) is 0 Å². The first-order valence-electron chi connectivity index (χ1n) is 10.0. The maximum Gasteiger partial charge on any atom is 0.335 e. The van der Waals surface area contributed by atoms with E-state index >= 15 is 0 Å². The Morgan fingerprint density at radius 1 is 0.833 bits per heavy atom. The molecule has 8 nitrogen and oxygen atoms in total. The molecule has 0 bridgehead atoms. The van der Waals surface area contributed by atoms with Gasteiger partial charge in [0.25, 0.3) is 5.56 Å². The third-order valence-corrected chi connectivity index (χ3v) is 4.67. The average Bonchev–Trinajstić information content (AvgIpc) is 2.73. The highest BCUT2D eigenvalue weighted by Crippen LogP contribution is 2.18. The molecular weight excluding hydrogens is 388 g/mol. The Morgan fingerprint density at radius 3 is 1.93 bits per heavy atom. The van der Waals surface area contributed by atoms with E-state index in [0.717, 1.165) is 10.1 Å². The van der Waals surface area contributed by atoms with Crippen molar-refractivity contribution in [2.24, 2.45) is 0 Å². The molecule has 0 unspecified atom stereocenters. The standard InChI is InChI=1S/C22H32N2O6/c1-17(2)20-19(14-18-8-6-5-7-9-18)23(15-29-12-10-27-3)22(26)24(21(20)25)16-30-13-11-28-4/h5-9,17H,10-16H2,1-4H3. The minimum absolute atomic E-state index is 0.0302. The van der Waals surface area contributed by atoms with Gasteiger partial charge in [0.1, 0.15) is 13.5 Å².